The Kier molecular flexibility index (Phi) is 6.95. The smallest absolute Gasteiger partial charge is 0.258 e. The van der Waals surface area contributed by atoms with E-state index in [4.69, 9.17) is 4.74 Å². The molecule has 0 spiro atoms. The molecular formula is C21H32BrNO2. The van der Waals surface area contributed by atoms with E-state index in [2.05, 4.69) is 61.9 Å². The molecule has 1 aromatic rings. The van der Waals surface area contributed by atoms with Crippen LogP contribution in [0, 0.1) is 11.3 Å². The van der Waals surface area contributed by atoms with E-state index in [9.17, 15) is 4.79 Å². The Bertz CT molecular complexity index is 584. The lowest BCUT2D eigenvalue weighted by atomic mass is 9.71. The number of carbonyl (C=O) groups excluding carboxylic acids is 1. The van der Waals surface area contributed by atoms with Gasteiger partial charge in [0.15, 0.2) is 6.61 Å². The Morgan fingerprint density at radius 2 is 1.88 bits per heavy atom. The number of halogens is 1. The lowest BCUT2D eigenvalue weighted by Gasteiger charge is -2.37. The first kappa shape index (κ1) is 20.3. The highest BCUT2D eigenvalue weighted by Crippen LogP contribution is 2.37. The first-order valence-corrected chi connectivity index (χ1v) is 10.2. The molecule has 1 N–H and O–H groups in total. The fourth-order valence-electron chi connectivity index (χ4n) is 3.62. The van der Waals surface area contributed by atoms with Gasteiger partial charge < -0.3 is 10.1 Å². The number of carbonyl (C=O) groups is 1. The maximum absolute atomic E-state index is 12.3. The summed E-state index contributed by atoms with van der Waals surface area (Å²) in [4.78, 5) is 12.3. The summed E-state index contributed by atoms with van der Waals surface area (Å²) in [7, 11) is 0. The highest BCUT2D eigenvalue weighted by molar-refractivity contribution is 9.10. The number of hydrogen-bond acceptors (Lipinski definition) is 2. The number of benzene rings is 1. The maximum Gasteiger partial charge on any atom is 0.258 e. The molecule has 3 nitrogen and oxygen atoms in total. The molecule has 1 saturated carbocycles. The summed E-state index contributed by atoms with van der Waals surface area (Å²) in [5.74, 6) is 1.89. The van der Waals surface area contributed by atoms with Crippen molar-refractivity contribution < 1.29 is 9.53 Å². The van der Waals surface area contributed by atoms with E-state index in [0.717, 1.165) is 34.5 Å². The van der Waals surface area contributed by atoms with Crippen LogP contribution in [0.4, 0.5) is 0 Å². The van der Waals surface area contributed by atoms with Gasteiger partial charge in [0.25, 0.3) is 5.91 Å². The van der Waals surface area contributed by atoms with Crippen LogP contribution in [0.5, 0.6) is 5.75 Å². The van der Waals surface area contributed by atoms with Crippen LogP contribution in [0.25, 0.3) is 0 Å². The third-order valence-electron chi connectivity index (χ3n) is 5.27. The Labute approximate surface area is 161 Å². The molecule has 1 aliphatic carbocycles. The van der Waals surface area contributed by atoms with Crippen LogP contribution in [-0.2, 0) is 4.79 Å². The van der Waals surface area contributed by atoms with Crippen LogP contribution >= 0.6 is 15.9 Å². The normalized spacial score (nSPS) is 21.2. The summed E-state index contributed by atoms with van der Waals surface area (Å²) < 4.78 is 6.83. The lowest BCUT2D eigenvalue weighted by Crippen LogP contribution is -2.41. The summed E-state index contributed by atoms with van der Waals surface area (Å²) >= 11 is 3.49. The number of nitrogens with one attached hydrogen (secondary N) is 1. The molecule has 0 saturated heterocycles. The van der Waals surface area contributed by atoms with Crippen molar-refractivity contribution in [3.8, 4) is 5.75 Å². The zero-order valence-electron chi connectivity index (χ0n) is 16.2. The van der Waals surface area contributed by atoms with Gasteiger partial charge in [-0.25, -0.2) is 0 Å². The topological polar surface area (TPSA) is 38.3 Å². The van der Waals surface area contributed by atoms with Crippen LogP contribution in [0.1, 0.15) is 71.8 Å². The molecule has 2 rings (SSSR count). The molecule has 140 valence electrons. The van der Waals surface area contributed by atoms with E-state index in [-0.39, 0.29) is 12.5 Å². The molecule has 4 heteroatoms. The summed E-state index contributed by atoms with van der Waals surface area (Å²) in [5.41, 5.74) is 1.49. The minimum atomic E-state index is -0.0168. The number of rotatable bonds is 5. The average molecular weight is 410 g/mol. The molecular weight excluding hydrogens is 378 g/mol. The highest BCUT2D eigenvalue weighted by atomic mass is 79.9. The zero-order chi connectivity index (χ0) is 18.6. The third kappa shape index (κ3) is 6.02. The van der Waals surface area contributed by atoms with Crippen molar-refractivity contribution in [2.24, 2.45) is 11.3 Å². The van der Waals surface area contributed by atoms with Crippen LogP contribution in [0.2, 0.25) is 0 Å². The predicted molar refractivity (Wildman–Crippen MR) is 107 cm³/mol. The van der Waals surface area contributed by atoms with E-state index < -0.39 is 0 Å². The first-order chi connectivity index (χ1) is 11.7. The molecule has 0 aromatic heterocycles. The van der Waals surface area contributed by atoms with Crippen LogP contribution in [-0.4, -0.2) is 18.6 Å². The Balaban J connectivity index is 1.82. The van der Waals surface area contributed by atoms with Crippen molar-refractivity contribution >= 4 is 21.8 Å². The summed E-state index contributed by atoms with van der Waals surface area (Å²) in [6.45, 7) is 11.3. The van der Waals surface area contributed by atoms with Crippen molar-refractivity contribution in [2.45, 2.75) is 72.3 Å². The molecule has 1 aliphatic rings. The highest BCUT2D eigenvalue weighted by Gasteiger charge is 2.30. The average Bonchev–Trinajstić information content (AvgIpc) is 2.53. The van der Waals surface area contributed by atoms with E-state index in [0.29, 0.717) is 17.4 Å². The van der Waals surface area contributed by atoms with Crippen molar-refractivity contribution in [1.82, 2.24) is 5.32 Å². The number of ether oxygens (including phenoxy) is 1. The van der Waals surface area contributed by atoms with Crippen LogP contribution in [0.15, 0.2) is 22.7 Å². The number of amides is 1. The van der Waals surface area contributed by atoms with Gasteiger partial charge >= 0.3 is 0 Å². The van der Waals surface area contributed by atoms with E-state index in [1.165, 1.54) is 12.8 Å². The van der Waals surface area contributed by atoms with Gasteiger partial charge in [-0.05, 0) is 66.7 Å². The van der Waals surface area contributed by atoms with Gasteiger partial charge in [0, 0.05) is 10.5 Å². The van der Waals surface area contributed by atoms with Gasteiger partial charge in [0.1, 0.15) is 5.75 Å². The second-order valence-corrected chi connectivity index (χ2v) is 9.52. The first-order valence-electron chi connectivity index (χ1n) is 9.38. The Morgan fingerprint density at radius 3 is 2.44 bits per heavy atom. The van der Waals surface area contributed by atoms with Crippen molar-refractivity contribution in [3.05, 3.63) is 28.2 Å². The van der Waals surface area contributed by atoms with Crippen molar-refractivity contribution in [2.75, 3.05) is 6.61 Å². The van der Waals surface area contributed by atoms with E-state index >= 15 is 0 Å². The molecule has 0 unspecified atom stereocenters. The number of hydrogen-bond donors (Lipinski definition) is 1. The minimum Gasteiger partial charge on any atom is -0.483 e. The molecule has 0 aliphatic heterocycles. The Hall–Kier alpha value is -1.03. The van der Waals surface area contributed by atoms with Gasteiger partial charge in [-0.2, -0.15) is 0 Å². The van der Waals surface area contributed by atoms with E-state index in [1.807, 2.05) is 12.1 Å². The van der Waals surface area contributed by atoms with Crippen LogP contribution in [0.3, 0.4) is 0 Å². The monoisotopic (exact) mass is 409 g/mol. The Morgan fingerprint density at radius 1 is 1.24 bits per heavy atom. The largest absolute Gasteiger partial charge is 0.483 e. The summed E-state index contributed by atoms with van der Waals surface area (Å²) in [6, 6.07) is 6.24. The lowest BCUT2D eigenvalue weighted by molar-refractivity contribution is -0.124. The second-order valence-electron chi connectivity index (χ2n) is 8.61. The molecule has 25 heavy (non-hydrogen) atoms. The van der Waals surface area contributed by atoms with Gasteiger partial charge in [-0.3, -0.25) is 4.79 Å². The SMILES string of the molecule is CC(C)c1cc(Br)ccc1OCC(=O)NC1CCC(C(C)(C)C)CC1. The third-order valence-corrected chi connectivity index (χ3v) is 5.76. The van der Waals surface area contributed by atoms with Gasteiger partial charge in [0.2, 0.25) is 0 Å². The van der Waals surface area contributed by atoms with Crippen molar-refractivity contribution in [3.63, 3.8) is 0 Å². The van der Waals surface area contributed by atoms with Crippen LogP contribution < -0.4 is 10.1 Å². The second kappa shape index (κ2) is 8.57. The fraction of sp³-hybridized carbons (Fsp3) is 0.667. The minimum absolute atomic E-state index is 0.0168. The molecule has 0 bridgehead atoms. The van der Waals surface area contributed by atoms with E-state index in [1.54, 1.807) is 0 Å². The quantitative estimate of drug-likeness (QED) is 0.679. The molecule has 1 fully saturated rings. The summed E-state index contributed by atoms with van der Waals surface area (Å²) in [5, 5.41) is 3.15. The maximum atomic E-state index is 12.3. The van der Waals surface area contributed by atoms with Crippen molar-refractivity contribution in [1.29, 1.82) is 0 Å². The van der Waals surface area contributed by atoms with Gasteiger partial charge in [0.05, 0.1) is 0 Å². The molecule has 0 heterocycles. The standard InChI is InChI=1S/C21H32BrNO2/c1-14(2)18-12-16(22)8-11-19(18)25-13-20(24)23-17-9-6-15(7-10-17)21(3,4)5/h8,11-12,14-15,17H,6-7,9-10,13H2,1-5H3,(H,23,24). The fourth-order valence-corrected chi connectivity index (χ4v) is 4.00. The zero-order valence-corrected chi connectivity index (χ0v) is 17.8. The molecule has 1 amide bonds. The van der Waals surface area contributed by atoms with Gasteiger partial charge in [-0.15, -0.1) is 0 Å². The summed E-state index contributed by atoms with van der Waals surface area (Å²) in [6.07, 6.45) is 4.53. The molecule has 0 atom stereocenters. The van der Waals surface area contributed by atoms with Gasteiger partial charge in [-0.1, -0.05) is 50.5 Å². The predicted octanol–water partition coefficient (Wildman–Crippen LogP) is 5.67. The molecule has 1 aromatic carbocycles. The molecule has 0 radical (unpaired) electrons.